The predicted molar refractivity (Wildman–Crippen MR) is 69.8 cm³/mol. The first-order valence-electron chi connectivity index (χ1n) is 7.05. The van der Waals surface area contributed by atoms with Gasteiger partial charge in [0.25, 0.3) is 0 Å². The van der Waals surface area contributed by atoms with Crippen LogP contribution in [0.5, 0.6) is 0 Å². The highest BCUT2D eigenvalue weighted by Gasteiger charge is 2.31. The minimum absolute atomic E-state index is 0.426. The summed E-state index contributed by atoms with van der Waals surface area (Å²) in [6.07, 6.45) is 8.04. The van der Waals surface area contributed by atoms with Gasteiger partial charge >= 0.3 is 0 Å². The Hall–Kier alpha value is -0.0800. The number of hydrogen-bond donors (Lipinski definition) is 0. The topological polar surface area (TPSA) is 12.5 Å². The van der Waals surface area contributed by atoms with Gasteiger partial charge in [0.1, 0.15) is 0 Å². The maximum atomic E-state index is 5.46. The summed E-state index contributed by atoms with van der Waals surface area (Å²) in [6.45, 7) is 11.2. The van der Waals surface area contributed by atoms with E-state index in [-0.39, 0.29) is 0 Å². The molecule has 0 saturated carbocycles. The Morgan fingerprint density at radius 3 is 1.94 bits per heavy atom. The Balaban J connectivity index is 2.51. The summed E-state index contributed by atoms with van der Waals surface area (Å²) in [5, 5.41) is 0. The first-order valence-corrected chi connectivity index (χ1v) is 7.05. The van der Waals surface area contributed by atoms with Crippen molar-refractivity contribution in [2.24, 2.45) is 0 Å². The zero-order valence-corrected chi connectivity index (χ0v) is 11.4. The van der Waals surface area contributed by atoms with Crippen molar-refractivity contribution >= 4 is 0 Å². The second-order valence-corrected chi connectivity index (χ2v) is 5.30. The molecule has 2 nitrogen and oxygen atoms in total. The molecule has 16 heavy (non-hydrogen) atoms. The lowest BCUT2D eigenvalue weighted by atomic mass is 9.87. The van der Waals surface area contributed by atoms with Gasteiger partial charge in [0.15, 0.2) is 0 Å². The van der Waals surface area contributed by atoms with Crippen LogP contribution in [0.25, 0.3) is 0 Å². The predicted octanol–water partition coefficient (Wildman–Crippen LogP) is 3.46. The molecule has 1 heterocycles. The monoisotopic (exact) mass is 227 g/mol. The van der Waals surface area contributed by atoms with E-state index >= 15 is 0 Å². The highest BCUT2D eigenvalue weighted by Crippen LogP contribution is 2.28. The van der Waals surface area contributed by atoms with Crippen molar-refractivity contribution in [3.8, 4) is 0 Å². The normalized spacial score (nSPS) is 18.9. The summed E-state index contributed by atoms with van der Waals surface area (Å²) in [5.41, 5.74) is 0.426. The molecule has 1 saturated heterocycles. The molecule has 0 N–H and O–H groups in total. The molecule has 96 valence electrons. The lowest BCUT2D eigenvalue weighted by Crippen LogP contribution is -2.51. The summed E-state index contributed by atoms with van der Waals surface area (Å²) < 4.78 is 5.46. The van der Waals surface area contributed by atoms with Gasteiger partial charge in [-0.2, -0.15) is 0 Å². The maximum Gasteiger partial charge on any atom is 0.0594 e. The van der Waals surface area contributed by atoms with Gasteiger partial charge in [-0.15, -0.1) is 0 Å². The standard InChI is InChI=1S/C14H29NO/c1-4-6-8-14(3,9-7-5-2)15-10-12-16-13-11-15/h4-13H2,1-3H3. The zero-order chi connectivity index (χ0) is 11.9. The molecule has 1 aliphatic rings. The Bertz CT molecular complexity index is 168. The molecule has 1 aliphatic heterocycles. The Kier molecular flexibility index (Phi) is 6.37. The SMILES string of the molecule is CCCCC(C)(CCCC)N1CCOCC1. The van der Waals surface area contributed by atoms with Gasteiger partial charge in [-0.1, -0.05) is 39.5 Å². The molecular weight excluding hydrogens is 198 g/mol. The van der Waals surface area contributed by atoms with Crippen LogP contribution in [0.15, 0.2) is 0 Å². The van der Waals surface area contributed by atoms with E-state index in [1.165, 1.54) is 38.5 Å². The van der Waals surface area contributed by atoms with Crippen molar-refractivity contribution < 1.29 is 4.74 Å². The van der Waals surface area contributed by atoms with Crippen LogP contribution in [0.3, 0.4) is 0 Å². The van der Waals surface area contributed by atoms with E-state index in [9.17, 15) is 0 Å². The highest BCUT2D eigenvalue weighted by molar-refractivity contribution is 4.87. The molecule has 1 rings (SSSR count). The molecule has 0 spiro atoms. The summed E-state index contributed by atoms with van der Waals surface area (Å²) >= 11 is 0. The molecule has 1 fully saturated rings. The molecule has 0 radical (unpaired) electrons. The van der Waals surface area contributed by atoms with Crippen molar-refractivity contribution in [2.45, 2.75) is 64.8 Å². The molecule has 0 amide bonds. The van der Waals surface area contributed by atoms with Gasteiger partial charge in [-0.25, -0.2) is 0 Å². The molecule has 0 aromatic heterocycles. The van der Waals surface area contributed by atoms with Gasteiger partial charge in [-0.3, -0.25) is 4.90 Å². The maximum absolute atomic E-state index is 5.46. The Labute approximate surface area is 101 Å². The van der Waals surface area contributed by atoms with Gasteiger partial charge in [0.2, 0.25) is 0 Å². The van der Waals surface area contributed by atoms with Crippen LogP contribution >= 0.6 is 0 Å². The Morgan fingerprint density at radius 1 is 1.00 bits per heavy atom. The van der Waals surface area contributed by atoms with Gasteiger partial charge in [0.05, 0.1) is 13.2 Å². The molecule has 0 aromatic rings. The molecule has 0 bridgehead atoms. The molecule has 0 aliphatic carbocycles. The quantitative estimate of drug-likeness (QED) is 0.660. The first-order chi connectivity index (χ1) is 7.73. The van der Waals surface area contributed by atoms with Crippen LogP contribution in [0, 0.1) is 0 Å². The second kappa shape index (κ2) is 7.29. The third-order valence-corrected chi connectivity index (χ3v) is 3.91. The van der Waals surface area contributed by atoms with E-state index < -0.39 is 0 Å². The Morgan fingerprint density at radius 2 is 1.50 bits per heavy atom. The van der Waals surface area contributed by atoms with Crippen molar-refractivity contribution in [1.82, 2.24) is 4.90 Å². The average Bonchev–Trinajstić information content (AvgIpc) is 2.35. The second-order valence-electron chi connectivity index (χ2n) is 5.30. The number of ether oxygens (including phenoxy) is 1. The summed E-state index contributed by atoms with van der Waals surface area (Å²) in [4.78, 5) is 2.67. The van der Waals surface area contributed by atoms with Crippen LogP contribution in [0.2, 0.25) is 0 Å². The summed E-state index contributed by atoms with van der Waals surface area (Å²) in [6, 6.07) is 0. The first kappa shape index (κ1) is 14.0. The summed E-state index contributed by atoms with van der Waals surface area (Å²) in [7, 11) is 0. The van der Waals surface area contributed by atoms with Crippen molar-refractivity contribution in [2.75, 3.05) is 26.3 Å². The lowest BCUT2D eigenvalue weighted by Gasteiger charge is -2.44. The number of unbranched alkanes of at least 4 members (excludes halogenated alkanes) is 2. The lowest BCUT2D eigenvalue weighted by molar-refractivity contribution is -0.0240. The number of hydrogen-bond acceptors (Lipinski definition) is 2. The minimum atomic E-state index is 0.426. The van der Waals surface area contributed by atoms with Gasteiger partial charge in [0, 0.05) is 18.6 Å². The molecule has 0 atom stereocenters. The van der Waals surface area contributed by atoms with E-state index in [1.807, 2.05) is 0 Å². The number of rotatable bonds is 7. The van der Waals surface area contributed by atoms with Crippen LogP contribution in [0.1, 0.15) is 59.3 Å². The van der Waals surface area contributed by atoms with Crippen molar-refractivity contribution in [3.63, 3.8) is 0 Å². The largest absolute Gasteiger partial charge is 0.379 e. The fourth-order valence-electron chi connectivity index (χ4n) is 2.66. The van der Waals surface area contributed by atoms with Crippen LogP contribution < -0.4 is 0 Å². The van der Waals surface area contributed by atoms with Crippen molar-refractivity contribution in [1.29, 1.82) is 0 Å². The van der Waals surface area contributed by atoms with E-state index in [4.69, 9.17) is 4.74 Å². The fraction of sp³-hybridized carbons (Fsp3) is 1.00. The molecular formula is C14H29NO. The van der Waals surface area contributed by atoms with E-state index in [1.54, 1.807) is 0 Å². The number of nitrogens with zero attached hydrogens (tertiary/aromatic N) is 1. The van der Waals surface area contributed by atoms with E-state index in [0.29, 0.717) is 5.54 Å². The molecule has 0 aromatic carbocycles. The third-order valence-electron chi connectivity index (χ3n) is 3.91. The van der Waals surface area contributed by atoms with E-state index in [0.717, 1.165) is 26.3 Å². The molecule has 0 unspecified atom stereocenters. The van der Waals surface area contributed by atoms with Crippen molar-refractivity contribution in [3.05, 3.63) is 0 Å². The summed E-state index contributed by atoms with van der Waals surface area (Å²) in [5.74, 6) is 0. The minimum Gasteiger partial charge on any atom is -0.379 e. The third kappa shape index (κ3) is 4.06. The van der Waals surface area contributed by atoms with Crippen LogP contribution in [0.4, 0.5) is 0 Å². The average molecular weight is 227 g/mol. The fourth-order valence-corrected chi connectivity index (χ4v) is 2.66. The molecule has 2 heteroatoms. The highest BCUT2D eigenvalue weighted by atomic mass is 16.5. The van der Waals surface area contributed by atoms with Crippen LogP contribution in [-0.2, 0) is 4.74 Å². The smallest absolute Gasteiger partial charge is 0.0594 e. The number of morpholine rings is 1. The zero-order valence-electron chi connectivity index (χ0n) is 11.4. The van der Waals surface area contributed by atoms with Gasteiger partial charge in [-0.05, 0) is 19.8 Å². The van der Waals surface area contributed by atoms with E-state index in [2.05, 4.69) is 25.7 Å². The van der Waals surface area contributed by atoms with Crippen LogP contribution in [-0.4, -0.2) is 36.7 Å². The van der Waals surface area contributed by atoms with Gasteiger partial charge < -0.3 is 4.74 Å².